The van der Waals surface area contributed by atoms with Crippen molar-refractivity contribution in [1.82, 2.24) is 0 Å². The molecule has 0 bridgehead atoms. The molecule has 0 nitrogen and oxygen atoms in total. The third-order valence-electron chi connectivity index (χ3n) is 12.3. The molecule has 4 aliphatic rings. The average Bonchev–Trinajstić information content (AvgIpc) is 3.08. The first-order valence-corrected chi connectivity index (χ1v) is 14.9. The molecule has 0 heteroatoms. The van der Waals surface area contributed by atoms with Gasteiger partial charge in [0.1, 0.15) is 0 Å². The van der Waals surface area contributed by atoms with Gasteiger partial charge in [-0.05, 0) is 128 Å². The lowest BCUT2D eigenvalue weighted by Gasteiger charge is -2.63. The molecule has 0 aromatic heterocycles. The summed E-state index contributed by atoms with van der Waals surface area (Å²) < 4.78 is 0. The predicted molar refractivity (Wildman–Crippen MR) is 141 cm³/mol. The minimum absolute atomic E-state index is 0.638. The molecule has 10 unspecified atom stereocenters. The second kappa shape index (κ2) is 9.77. The van der Waals surface area contributed by atoms with Gasteiger partial charge in [0.2, 0.25) is 0 Å². The summed E-state index contributed by atoms with van der Waals surface area (Å²) in [4.78, 5) is 0. The van der Waals surface area contributed by atoms with Gasteiger partial charge in [-0.25, -0.2) is 0 Å². The molecule has 4 aliphatic carbocycles. The van der Waals surface area contributed by atoms with Crippen LogP contribution in [0, 0.1) is 64.1 Å². The van der Waals surface area contributed by atoms with Crippen LogP contribution in [-0.2, 0) is 0 Å². The van der Waals surface area contributed by atoms with Crippen LogP contribution in [0.1, 0.15) is 125 Å². The Morgan fingerprint density at radius 2 is 1.66 bits per heavy atom. The van der Waals surface area contributed by atoms with E-state index in [1.807, 2.05) is 0 Å². The van der Waals surface area contributed by atoms with Gasteiger partial charge in [0.15, 0.2) is 0 Å². The quantitative estimate of drug-likeness (QED) is 0.329. The van der Waals surface area contributed by atoms with Crippen molar-refractivity contribution in [3.8, 4) is 0 Å². The molecule has 0 aliphatic heterocycles. The summed E-state index contributed by atoms with van der Waals surface area (Å²) in [5.41, 5.74) is 1.30. The maximum Gasteiger partial charge on any atom is -0.0213 e. The Hall–Kier alpha value is -0.260. The van der Waals surface area contributed by atoms with Crippen LogP contribution in [0.5, 0.6) is 0 Å². The van der Waals surface area contributed by atoms with Crippen LogP contribution in [0.3, 0.4) is 0 Å². The molecule has 0 saturated heterocycles. The molecule has 0 spiro atoms. The lowest BCUT2D eigenvalue weighted by Crippen LogP contribution is -2.56. The smallest absolute Gasteiger partial charge is 0.0213 e. The fourth-order valence-corrected chi connectivity index (χ4v) is 10.3. The van der Waals surface area contributed by atoms with E-state index < -0.39 is 0 Å². The zero-order valence-electron chi connectivity index (χ0n) is 22.7. The minimum Gasteiger partial charge on any atom is -0.103 e. The van der Waals surface area contributed by atoms with Crippen LogP contribution in [0.15, 0.2) is 12.7 Å². The average molecular weight is 441 g/mol. The highest BCUT2D eigenvalue weighted by Gasteiger charge is 2.61. The Morgan fingerprint density at radius 1 is 0.938 bits per heavy atom. The Morgan fingerprint density at radius 3 is 2.34 bits per heavy atom. The van der Waals surface area contributed by atoms with Gasteiger partial charge < -0.3 is 0 Å². The number of rotatable bonds is 8. The number of fused-ring (bicyclic) bond motifs is 5. The van der Waals surface area contributed by atoms with Crippen LogP contribution in [-0.4, -0.2) is 0 Å². The molecule has 184 valence electrons. The summed E-state index contributed by atoms with van der Waals surface area (Å²) in [6.45, 7) is 19.4. The minimum atomic E-state index is 0.638. The molecule has 32 heavy (non-hydrogen) atoms. The summed E-state index contributed by atoms with van der Waals surface area (Å²) in [6.07, 6.45) is 21.7. The van der Waals surface area contributed by atoms with Crippen LogP contribution in [0.4, 0.5) is 0 Å². The van der Waals surface area contributed by atoms with Gasteiger partial charge in [-0.15, -0.1) is 6.58 Å². The standard InChI is InChI=1S/C32H56/c1-8-11-24-16-18-32(7)27(21-24)20-23(5)30-28-15-14-26(31(28,6)19-17-29(30)32)13-10-12-25(9-2)22(3)4/h9,22-30H,2,8,10-21H2,1,3-7H3. The van der Waals surface area contributed by atoms with Crippen molar-refractivity contribution in [2.45, 2.75) is 125 Å². The first kappa shape index (κ1) is 24.9. The van der Waals surface area contributed by atoms with E-state index in [-0.39, 0.29) is 0 Å². The molecule has 4 fully saturated rings. The number of hydrogen-bond donors (Lipinski definition) is 0. The third-order valence-corrected chi connectivity index (χ3v) is 12.3. The lowest BCUT2D eigenvalue weighted by atomic mass is 9.42. The van der Waals surface area contributed by atoms with Crippen molar-refractivity contribution in [2.75, 3.05) is 0 Å². The first-order valence-electron chi connectivity index (χ1n) is 14.9. The molecule has 0 N–H and O–H groups in total. The normalized spacial score (nSPS) is 46.9. The summed E-state index contributed by atoms with van der Waals surface area (Å²) in [7, 11) is 0. The van der Waals surface area contributed by atoms with Gasteiger partial charge >= 0.3 is 0 Å². The Labute approximate surface area is 201 Å². The van der Waals surface area contributed by atoms with Crippen molar-refractivity contribution in [3.63, 3.8) is 0 Å². The molecule has 4 rings (SSSR count). The maximum atomic E-state index is 4.12. The van der Waals surface area contributed by atoms with E-state index in [2.05, 4.69) is 54.2 Å². The summed E-state index contributed by atoms with van der Waals surface area (Å²) >= 11 is 0. The number of hydrogen-bond acceptors (Lipinski definition) is 0. The van der Waals surface area contributed by atoms with Crippen molar-refractivity contribution >= 4 is 0 Å². The maximum absolute atomic E-state index is 4.12. The fraction of sp³-hybridized carbons (Fsp3) is 0.938. The molecule has 0 radical (unpaired) electrons. The van der Waals surface area contributed by atoms with Crippen LogP contribution in [0.25, 0.3) is 0 Å². The monoisotopic (exact) mass is 440 g/mol. The topological polar surface area (TPSA) is 0 Å². The summed E-state index contributed by atoms with van der Waals surface area (Å²) in [5, 5.41) is 0. The first-order chi connectivity index (χ1) is 15.2. The van der Waals surface area contributed by atoms with E-state index in [1.54, 1.807) is 32.1 Å². The van der Waals surface area contributed by atoms with Gasteiger partial charge in [-0.3, -0.25) is 0 Å². The van der Waals surface area contributed by atoms with Crippen molar-refractivity contribution in [1.29, 1.82) is 0 Å². The Balaban J connectivity index is 1.44. The van der Waals surface area contributed by atoms with Crippen molar-refractivity contribution < 1.29 is 0 Å². The van der Waals surface area contributed by atoms with Crippen LogP contribution in [0.2, 0.25) is 0 Å². The third kappa shape index (κ3) is 4.28. The molecule has 10 atom stereocenters. The highest BCUT2D eigenvalue weighted by molar-refractivity contribution is 5.10. The highest BCUT2D eigenvalue weighted by Crippen LogP contribution is 2.69. The Bertz CT molecular complexity index is 632. The van der Waals surface area contributed by atoms with E-state index in [4.69, 9.17) is 0 Å². The molecular weight excluding hydrogens is 384 g/mol. The Kier molecular flexibility index (Phi) is 7.59. The van der Waals surface area contributed by atoms with E-state index in [0.717, 1.165) is 47.3 Å². The summed E-state index contributed by atoms with van der Waals surface area (Å²) in [5.74, 6) is 8.56. The molecule has 0 aromatic rings. The van der Waals surface area contributed by atoms with E-state index in [0.29, 0.717) is 16.7 Å². The highest BCUT2D eigenvalue weighted by atomic mass is 14.7. The van der Waals surface area contributed by atoms with Crippen molar-refractivity contribution in [2.24, 2.45) is 64.1 Å². The molecular formula is C32H56. The second-order valence-electron chi connectivity index (χ2n) is 14.0. The predicted octanol–water partition coefficient (Wildman–Crippen LogP) is 9.94. The van der Waals surface area contributed by atoms with Gasteiger partial charge in [0.05, 0.1) is 0 Å². The summed E-state index contributed by atoms with van der Waals surface area (Å²) in [6, 6.07) is 0. The van der Waals surface area contributed by atoms with Crippen LogP contribution < -0.4 is 0 Å². The van der Waals surface area contributed by atoms with E-state index in [9.17, 15) is 0 Å². The fourth-order valence-electron chi connectivity index (χ4n) is 10.3. The van der Waals surface area contributed by atoms with Gasteiger partial charge in [-0.2, -0.15) is 0 Å². The molecule has 0 heterocycles. The molecule has 0 amide bonds. The number of allylic oxidation sites excluding steroid dienone is 1. The second-order valence-corrected chi connectivity index (χ2v) is 14.0. The lowest BCUT2D eigenvalue weighted by molar-refractivity contribution is -0.141. The molecule has 4 saturated carbocycles. The zero-order chi connectivity index (χ0) is 23.1. The van der Waals surface area contributed by atoms with Gasteiger partial charge in [-0.1, -0.05) is 66.9 Å². The zero-order valence-corrected chi connectivity index (χ0v) is 22.7. The molecule has 0 aromatic carbocycles. The van der Waals surface area contributed by atoms with Crippen molar-refractivity contribution in [3.05, 3.63) is 12.7 Å². The van der Waals surface area contributed by atoms with Gasteiger partial charge in [0.25, 0.3) is 0 Å². The van der Waals surface area contributed by atoms with E-state index in [1.165, 1.54) is 51.4 Å². The van der Waals surface area contributed by atoms with Gasteiger partial charge in [0, 0.05) is 0 Å². The SMILES string of the molecule is C=CC(CCCC1CCC2C3C(C)CC4CC(CCC)CCC4(C)C3CCC12C)C(C)C. The van der Waals surface area contributed by atoms with E-state index >= 15 is 0 Å². The van der Waals surface area contributed by atoms with Crippen LogP contribution >= 0.6 is 0 Å². The largest absolute Gasteiger partial charge is 0.103 e.